The largest absolute Gasteiger partial charge is 0.383 e. The van der Waals surface area contributed by atoms with Crippen molar-refractivity contribution in [3.05, 3.63) is 0 Å². The normalized spacial score (nSPS) is 35.6. The molecule has 3 nitrogen and oxygen atoms in total. The number of hydrogen-bond acceptors (Lipinski definition) is 3. The lowest BCUT2D eigenvalue weighted by Crippen LogP contribution is -2.48. The number of nitrogens with zero attached hydrogens (tertiary/aromatic N) is 1. The summed E-state index contributed by atoms with van der Waals surface area (Å²) in [5.74, 6) is 2.71. The molecule has 0 aromatic rings. The smallest absolute Gasteiger partial charge is 0.150 e. The standard InChI is InChI=1S/C17H31NO2/c1-11(2)14-9-15(19)17(16(14)12(3)4)18-8-6-7-13(18)10-20-5/h11-14,16-17H,6-10H2,1-5H3/t13-,14+,16-,17+/m0/s1. The number of ether oxygens (including phenoxy) is 1. The predicted octanol–water partition coefficient (Wildman–Crippen LogP) is 2.98. The molecule has 1 aliphatic heterocycles. The molecule has 0 amide bonds. The predicted molar refractivity (Wildman–Crippen MR) is 81.7 cm³/mol. The Bertz CT molecular complexity index is 340. The van der Waals surface area contributed by atoms with Crippen molar-refractivity contribution in [3.8, 4) is 0 Å². The van der Waals surface area contributed by atoms with Crippen LogP contribution in [0, 0.1) is 23.7 Å². The van der Waals surface area contributed by atoms with Crippen molar-refractivity contribution in [1.82, 2.24) is 4.90 Å². The van der Waals surface area contributed by atoms with Crippen LogP contribution in [0.3, 0.4) is 0 Å². The van der Waals surface area contributed by atoms with Gasteiger partial charge in [-0.3, -0.25) is 9.69 Å². The number of likely N-dealkylation sites (tertiary alicyclic amines) is 1. The number of carbonyl (C=O) groups excluding carboxylic acids is 1. The first-order valence-electron chi connectivity index (χ1n) is 8.24. The van der Waals surface area contributed by atoms with Gasteiger partial charge in [-0.15, -0.1) is 0 Å². The van der Waals surface area contributed by atoms with E-state index in [1.165, 1.54) is 12.8 Å². The minimum absolute atomic E-state index is 0.144. The molecule has 116 valence electrons. The zero-order valence-corrected chi connectivity index (χ0v) is 13.8. The Balaban J connectivity index is 2.21. The Labute approximate surface area is 124 Å². The van der Waals surface area contributed by atoms with Crippen molar-refractivity contribution < 1.29 is 9.53 Å². The van der Waals surface area contributed by atoms with E-state index in [0.29, 0.717) is 35.5 Å². The second-order valence-electron chi connectivity index (χ2n) is 7.33. The molecule has 0 spiro atoms. The summed E-state index contributed by atoms with van der Waals surface area (Å²) >= 11 is 0. The van der Waals surface area contributed by atoms with Gasteiger partial charge in [0.25, 0.3) is 0 Å². The third-order valence-corrected chi connectivity index (χ3v) is 5.39. The fraction of sp³-hybridized carbons (Fsp3) is 0.941. The summed E-state index contributed by atoms with van der Waals surface area (Å²) < 4.78 is 5.37. The number of Topliss-reactive ketones (excluding diaryl/α,β-unsaturated/α-hetero) is 1. The van der Waals surface area contributed by atoms with Gasteiger partial charge < -0.3 is 4.74 Å². The van der Waals surface area contributed by atoms with E-state index in [4.69, 9.17) is 4.74 Å². The third-order valence-electron chi connectivity index (χ3n) is 5.39. The molecule has 0 unspecified atom stereocenters. The summed E-state index contributed by atoms with van der Waals surface area (Å²) in [6, 6.07) is 0.589. The SMILES string of the molecule is COC[C@@H]1CCCN1[C@@H]1C(=O)C[C@H](C(C)C)[C@@H]1C(C)C. The van der Waals surface area contributed by atoms with E-state index < -0.39 is 0 Å². The molecule has 20 heavy (non-hydrogen) atoms. The second-order valence-corrected chi connectivity index (χ2v) is 7.33. The maximum atomic E-state index is 12.7. The minimum Gasteiger partial charge on any atom is -0.383 e. The Morgan fingerprint density at radius 1 is 1.25 bits per heavy atom. The van der Waals surface area contributed by atoms with Crippen molar-refractivity contribution in [3.63, 3.8) is 0 Å². The zero-order valence-electron chi connectivity index (χ0n) is 13.8. The van der Waals surface area contributed by atoms with E-state index in [0.717, 1.165) is 19.6 Å². The summed E-state index contributed by atoms with van der Waals surface area (Å²) in [5, 5.41) is 0. The Morgan fingerprint density at radius 2 is 1.95 bits per heavy atom. The van der Waals surface area contributed by atoms with Gasteiger partial charge >= 0.3 is 0 Å². The first-order chi connectivity index (χ1) is 9.47. The van der Waals surface area contributed by atoms with Crippen LogP contribution >= 0.6 is 0 Å². The van der Waals surface area contributed by atoms with Gasteiger partial charge in [-0.05, 0) is 43.1 Å². The highest BCUT2D eigenvalue weighted by Gasteiger charge is 2.49. The van der Waals surface area contributed by atoms with E-state index in [9.17, 15) is 4.79 Å². The van der Waals surface area contributed by atoms with Crippen LogP contribution in [0.2, 0.25) is 0 Å². The number of hydrogen-bond donors (Lipinski definition) is 0. The Morgan fingerprint density at radius 3 is 2.50 bits per heavy atom. The molecule has 1 saturated heterocycles. The molecule has 0 bridgehead atoms. The van der Waals surface area contributed by atoms with Crippen LogP contribution in [0.5, 0.6) is 0 Å². The zero-order chi connectivity index (χ0) is 14.9. The molecule has 2 fully saturated rings. The molecule has 4 atom stereocenters. The quantitative estimate of drug-likeness (QED) is 0.776. The fourth-order valence-corrected chi connectivity index (χ4v) is 4.48. The van der Waals surface area contributed by atoms with E-state index in [-0.39, 0.29) is 6.04 Å². The van der Waals surface area contributed by atoms with Gasteiger partial charge in [0, 0.05) is 19.6 Å². The maximum Gasteiger partial charge on any atom is 0.150 e. The minimum atomic E-state index is 0.144. The average molecular weight is 281 g/mol. The first kappa shape index (κ1) is 16.0. The van der Waals surface area contributed by atoms with Crippen LogP contribution in [-0.4, -0.2) is 43.0 Å². The molecule has 1 heterocycles. The van der Waals surface area contributed by atoms with Crippen LogP contribution in [0.4, 0.5) is 0 Å². The molecule has 1 aliphatic carbocycles. The highest BCUT2D eigenvalue weighted by molar-refractivity contribution is 5.87. The summed E-state index contributed by atoms with van der Waals surface area (Å²) in [4.78, 5) is 15.1. The van der Waals surface area contributed by atoms with Gasteiger partial charge in [-0.1, -0.05) is 27.7 Å². The van der Waals surface area contributed by atoms with Gasteiger partial charge in [-0.2, -0.15) is 0 Å². The summed E-state index contributed by atoms with van der Waals surface area (Å²) in [5.41, 5.74) is 0. The van der Waals surface area contributed by atoms with Gasteiger partial charge in [-0.25, -0.2) is 0 Å². The number of methoxy groups -OCH3 is 1. The fourth-order valence-electron chi connectivity index (χ4n) is 4.48. The average Bonchev–Trinajstić information content (AvgIpc) is 2.93. The van der Waals surface area contributed by atoms with Crippen molar-refractivity contribution >= 4 is 5.78 Å². The lowest BCUT2D eigenvalue weighted by molar-refractivity contribution is -0.123. The van der Waals surface area contributed by atoms with Gasteiger partial charge in [0.15, 0.2) is 5.78 Å². The van der Waals surface area contributed by atoms with Crippen LogP contribution < -0.4 is 0 Å². The van der Waals surface area contributed by atoms with Crippen LogP contribution in [0.1, 0.15) is 47.0 Å². The molecule has 1 saturated carbocycles. The first-order valence-corrected chi connectivity index (χ1v) is 8.24. The third kappa shape index (κ3) is 2.94. The highest BCUT2D eigenvalue weighted by atomic mass is 16.5. The lowest BCUT2D eigenvalue weighted by Gasteiger charge is -2.37. The molecular formula is C17H31NO2. The molecule has 2 aliphatic rings. The molecule has 2 rings (SSSR count). The topological polar surface area (TPSA) is 29.5 Å². The van der Waals surface area contributed by atoms with Crippen molar-refractivity contribution in [2.75, 3.05) is 20.3 Å². The highest BCUT2D eigenvalue weighted by Crippen LogP contribution is 2.43. The van der Waals surface area contributed by atoms with Gasteiger partial charge in [0.1, 0.15) is 0 Å². The van der Waals surface area contributed by atoms with Crippen molar-refractivity contribution in [2.45, 2.75) is 59.0 Å². The summed E-state index contributed by atoms with van der Waals surface area (Å²) in [6.45, 7) is 10.9. The Kier molecular flexibility index (Phi) is 5.25. The van der Waals surface area contributed by atoms with Crippen LogP contribution in [0.15, 0.2) is 0 Å². The van der Waals surface area contributed by atoms with Crippen molar-refractivity contribution in [2.24, 2.45) is 23.7 Å². The molecule has 0 N–H and O–H groups in total. The number of rotatable bonds is 5. The molecular weight excluding hydrogens is 250 g/mol. The second kappa shape index (κ2) is 6.57. The van der Waals surface area contributed by atoms with Crippen LogP contribution in [0.25, 0.3) is 0 Å². The van der Waals surface area contributed by atoms with Crippen LogP contribution in [-0.2, 0) is 9.53 Å². The van der Waals surface area contributed by atoms with Gasteiger partial charge in [0.2, 0.25) is 0 Å². The summed E-state index contributed by atoms with van der Waals surface area (Å²) in [6.07, 6.45) is 3.16. The molecule has 0 radical (unpaired) electrons. The Hall–Kier alpha value is -0.410. The summed E-state index contributed by atoms with van der Waals surface area (Å²) in [7, 11) is 1.77. The lowest BCUT2D eigenvalue weighted by atomic mass is 9.78. The molecule has 0 aromatic carbocycles. The van der Waals surface area contributed by atoms with E-state index in [1.54, 1.807) is 7.11 Å². The molecule has 0 aromatic heterocycles. The number of ketones is 1. The van der Waals surface area contributed by atoms with E-state index in [2.05, 4.69) is 32.6 Å². The van der Waals surface area contributed by atoms with E-state index >= 15 is 0 Å². The molecule has 3 heteroatoms. The van der Waals surface area contributed by atoms with E-state index in [1.807, 2.05) is 0 Å². The van der Waals surface area contributed by atoms with Crippen molar-refractivity contribution in [1.29, 1.82) is 0 Å². The maximum absolute atomic E-state index is 12.7. The number of carbonyl (C=O) groups is 1. The monoisotopic (exact) mass is 281 g/mol. The van der Waals surface area contributed by atoms with Gasteiger partial charge in [0.05, 0.1) is 12.6 Å².